The molecule has 192 valence electrons. The van der Waals surface area contributed by atoms with Gasteiger partial charge >= 0.3 is 0 Å². The zero-order valence-electron chi connectivity index (χ0n) is 21.3. The van der Waals surface area contributed by atoms with Gasteiger partial charge in [-0.2, -0.15) is 0 Å². The second-order valence-corrected chi connectivity index (χ2v) is 11.1. The van der Waals surface area contributed by atoms with Crippen LogP contribution >= 0.6 is 11.6 Å². The first-order valence-corrected chi connectivity index (χ1v) is 13.5. The van der Waals surface area contributed by atoms with E-state index >= 15 is 0 Å². The van der Waals surface area contributed by atoms with Gasteiger partial charge in [0, 0.05) is 60.1 Å². The fraction of sp³-hybridized carbons (Fsp3) is 0.379. The summed E-state index contributed by atoms with van der Waals surface area (Å²) in [6.07, 6.45) is 6.07. The van der Waals surface area contributed by atoms with Crippen LogP contribution in [0.15, 0.2) is 48.8 Å². The molecule has 4 N–H and O–H groups in total. The first kappa shape index (κ1) is 24.4. The SMILES string of the molecule is C[C@@H]1CN(Cc2cc(Nc3ncc(Cl)c(-c4c[nH]c5cc(CO)ccc45)n3)cc(C3CC3)c2)C[C@H](C)N1. The molecule has 2 atom stereocenters. The maximum absolute atomic E-state index is 9.46. The van der Waals surface area contributed by atoms with Crippen molar-refractivity contribution in [3.8, 4) is 11.3 Å². The average molecular weight is 517 g/mol. The number of hydrogen-bond donors (Lipinski definition) is 4. The molecule has 2 aromatic heterocycles. The minimum atomic E-state index is 0.00122. The molecule has 2 aliphatic rings. The number of hydrogen-bond acceptors (Lipinski definition) is 6. The summed E-state index contributed by atoms with van der Waals surface area (Å²) in [4.78, 5) is 15.1. The number of aliphatic hydroxyl groups is 1. The molecule has 2 aromatic carbocycles. The van der Waals surface area contributed by atoms with Crippen LogP contribution < -0.4 is 10.6 Å². The Morgan fingerprint density at radius 2 is 1.89 bits per heavy atom. The van der Waals surface area contributed by atoms with E-state index in [1.165, 1.54) is 24.0 Å². The summed E-state index contributed by atoms with van der Waals surface area (Å²) >= 11 is 6.56. The van der Waals surface area contributed by atoms with E-state index in [0.717, 1.165) is 47.4 Å². The molecule has 0 bridgehead atoms. The molecule has 8 heteroatoms. The minimum absolute atomic E-state index is 0.00122. The minimum Gasteiger partial charge on any atom is -0.392 e. The zero-order valence-corrected chi connectivity index (χ0v) is 22.0. The van der Waals surface area contributed by atoms with Gasteiger partial charge in [0.05, 0.1) is 23.5 Å². The predicted octanol–water partition coefficient (Wildman–Crippen LogP) is 5.57. The van der Waals surface area contributed by atoms with Crippen molar-refractivity contribution in [1.29, 1.82) is 0 Å². The summed E-state index contributed by atoms with van der Waals surface area (Å²) in [6, 6.07) is 13.7. The smallest absolute Gasteiger partial charge is 0.227 e. The Balaban J connectivity index is 1.29. The first-order valence-electron chi connectivity index (χ1n) is 13.1. The molecule has 0 radical (unpaired) electrons. The van der Waals surface area contributed by atoms with Crippen LogP contribution in [0, 0.1) is 0 Å². The summed E-state index contributed by atoms with van der Waals surface area (Å²) < 4.78 is 0. The van der Waals surface area contributed by atoms with Crippen LogP contribution in [0.25, 0.3) is 22.2 Å². The standard InChI is InChI=1S/C29H33ClN6O/c1-17-13-36(14-18(2)33-17)15-20-7-22(21-4-5-21)10-23(8-20)34-29-32-12-26(30)28(35-29)25-11-31-27-9-19(16-37)3-6-24(25)27/h3,6-12,17-18,21,31,33,37H,4-5,13-16H2,1-2H3,(H,32,34,35)/t17-,18+. The maximum Gasteiger partial charge on any atom is 0.227 e. The topological polar surface area (TPSA) is 89.1 Å². The number of halogens is 1. The number of H-pyrrole nitrogens is 1. The van der Waals surface area contributed by atoms with E-state index in [2.05, 4.69) is 57.5 Å². The number of rotatable bonds is 7. The van der Waals surface area contributed by atoms with Crippen LogP contribution in [0.2, 0.25) is 5.02 Å². The molecule has 37 heavy (non-hydrogen) atoms. The Labute approximate surface area is 222 Å². The van der Waals surface area contributed by atoms with Crippen LogP contribution in [0.4, 0.5) is 11.6 Å². The Bertz CT molecular complexity index is 1420. The summed E-state index contributed by atoms with van der Waals surface area (Å²) in [5.74, 6) is 1.17. The fourth-order valence-electron chi connectivity index (χ4n) is 5.57. The summed E-state index contributed by atoms with van der Waals surface area (Å²) in [5, 5.41) is 18.0. The molecular formula is C29H33ClN6O. The quantitative estimate of drug-likeness (QED) is 0.257. The highest BCUT2D eigenvalue weighted by atomic mass is 35.5. The van der Waals surface area contributed by atoms with Crippen molar-refractivity contribution in [3.05, 3.63) is 70.5 Å². The predicted molar refractivity (Wildman–Crippen MR) is 149 cm³/mol. The third-order valence-electron chi connectivity index (χ3n) is 7.29. The van der Waals surface area contributed by atoms with E-state index in [4.69, 9.17) is 16.6 Å². The van der Waals surface area contributed by atoms with Crippen LogP contribution in [-0.4, -0.2) is 50.1 Å². The summed E-state index contributed by atoms with van der Waals surface area (Å²) in [7, 11) is 0. The molecule has 6 rings (SSSR count). The lowest BCUT2D eigenvalue weighted by atomic mass is 10.0. The van der Waals surface area contributed by atoms with Crippen LogP contribution in [0.3, 0.4) is 0 Å². The van der Waals surface area contributed by atoms with Crippen molar-refractivity contribution in [2.75, 3.05) is 18.4 Å². The van der Waals surface area contributed by atoms with Gasteiger partial charge < -0.3 is 20.7 Å². The highest BCUT2D eigenvalue weighted by Crippen LogP contribution is 2.42. The molecule has 1 aliphatic carbocycles. The molecule has 0 spiro atoms. The van der Waals surface area contributed by atoms with Gasteiger partial charge in [0.25, 0.3) is 0 Å². The number of aromatic nitrogens is 3. The van der Waals surface area contributed by atoms with Crippen LogP contribution in [0.5, 0.6) is 0 Å². The fourth-order valence-corrected chi connectivity index (χ4v) is 5.77. The zero-order chi connectivity index (χ0) is 25.5. The second-order valence-electron chi connectivity index (χ2n) is 10.7. The van der Waals surface area contributed by atoms with Crippen LogP contribution in [-0.2, 0) is 13.2 Å². The normalized spacial score (nSPS) is 20.4. The molecule has 2 fully saturated rings. The largest absolute Gasteiger partial charge is 0.392 e. The van der Waals surface area contributed by atoms with E-state index in [-0.39, 0.29) is 6.61 Å². The first-order chi connectivity index (χ1) is 17.9. The van der Waals surface area contributed by atoms with E-state index in [1.807, 2.05) is 24.4 Å². The molecular weight excluding hydrogens is 484 g/mol. The van der Waals surface area contributed by atoms with Gasteiger partial charge in [-0.3, -0.25) is 4.90 Å². The number of piperazine rings is 1. The van der Waals surface area contributed by atoms with Crippen LogP contribution in [0.1, 0.15) is 49.3 Å². The number of aliphatic hydroxyl groups excluding tert-OH is 1. The number of fused-ring (bicyclic) bond motifs is 1. The summed E-state index contributed by atoms with van der Waals surface area (Å²) in [5.41, 5.74) is 7.09. The molecule has 1 saturated carbocycles. The van der Waals surface area contributed by atoms with Crippen molar-refractivity contribution < 1.29 is 5.11 Å². The number of aromatic amines is 1. The number of anilines is 2. The number of nitrogens with zero attached hydrogens (tertiary/aromatic N) is 3. The highest BCUT2D eigenvalue weighted by Gasteiger charge is 2.26. The van der Waals surface area contributed by atoms with Crippen molar-refractivity contribution in [2.24, 2.45) is 0 Å². The maximum atomic E-state index is 9.46. The van der Waals surface area contributed by atoms with E-state index in [0.29, 0.717) is 34.7 Å². The average Bonchev–Trinajstić information content (AvgIpc) is 3.64. The van der Waals surface area contributed by atoms with Gasteiger partial charge in [-0.1, -0.05) is 29.8 Å². The second kappa shape index (κ2) is 10.1. The van der Waals surface area contributed by atoms with Crippen molar-refractivity contribution in [3.63, 3.8) is 0 Å². The van der Waals surface area contributed by atoms with Gasteiger partial charge in [-0.05, 0) is 67.5 Å². The Morgan fingerprint density at radius 3 is 2.65 bits per heavy atom. The molecule has 0 unspecified atom stereocenters. The van der Waals surface area contributed by atoms with E-state index in [1.54, 1.807) is 6.20 Å². The summed E-state index contributed by atoms with van der Waals surface area (Å²) in [6.45, 7) is 7.55. The van der Waals surface area contributed by atoms with E-state index in [9.17, 15) is 5.11 Å². The van der Waals surface area contributed by atoms with Crippen molar-refractivity contribution >= 4 is 34.1 Å². The van der Waals surface area contributed by atoms with Gasteiger partial charge in [0.2, 0.25) is 5.95 Å². The number of nitrogens with one attached hydrogen (secondary N) is 3. The van der Waals surface area contributed by atoms with Gasteiger partial charge in [-0.25, -0.2) is 9.97 Å². The third kappa shape index (κ3) is 5.36. The van der Waals surface area contributed by atoms with Gasteiger partial charge in [-0.15, -0.1) is 0 Å². The molecule has 1 saturated heterocycles. The lowest BCUT2D eigenvalue weighted by molar-refractivity contribution is 0.166. The monoisotopic (exact) mass is 516 g/mol. The molecule has 7 nitrogen and oxygen atoms in total. The molecule has 3 heterocycles. The Morgan fingerprint density at radius 1 is 1.08 bits per heavy atom. The highest BCUT2D eigenvalue weighted by molar-refractivity contribution is 6.33. The Hall–Kier alpha value is -2.97. The van der Waals surface area contributed by atoms with E-state index < -0.39 is 0 Å². The van der Waals surface area contributed by atoms with Gasteiger partial charge in [0.1, 0.15) is 0 Å². The Kier molecular flexibility index (Phi) is 6.63. The lowest BCUT2D eigenvalue weighted by Gasteiger charge is -2.36. The molecule has 0 amide bonds. The lowest BCUT2D eigenvalue weighted by Crippen LogP contribution is -2.53. The molecule has 4 aromatic rings. The molecule has 1 aliphatic heterocycles. The van der Waals surface area contributed by atoms with Crippen molar-refractivity contribution in [2.45, 2.75) is 57.8 Å². The third-order valence-corrected chi connectivity index (χ3v) is 7.56. The van der Waals surface area contributed by atoms with Crippen molar-refractivity contribution in [1.82, 2.24) is 25.2 Å². The van der Waals surface area contributed by atoms with Gasteiger partial charge in [0.15, 0.2) is 0 Å². The number of benzene rings is 2.